The fraction of sp³-hybridized carbons (Fsp3) is 0.583. The third-order valence-corrected chi connectivity index (χ3v) is 2.68. The molecule has 0 aliphatic carbocycles. The third-order valence-electron chi connectivity index (χ3n) is 2.68. The van der Waals surface area contributed by atoms with Gasteiger partial charge in [-0.2, -0.15) is 0 Å². The Hall–Kier alpha value is -0.930. The summed E-state index contributed by atoms with van der Waals surface area (Å²) in [4.78, 5) is 6.53. The van der Waals surface area contributed by atoms with Crippen LogP contribution in [0.1, 0.15) is 32.0 Å². The Morgan fingerprint density at radius 1 is 1.40 bits per heavy atom. The molecule has 3 heteroatoms. The molecule has 0 aromatic carbocycles. The number of hydrogen-bond acceptors (Lipinski definition) is 3. The minimum absolute atomic E-state index is 0.233. The summed E-state index contributed by atoms with van der Waals surface area (Å²) in [5, 5.41) is 9.21. The molecule has 2 atom stereocenters. The molecule has 0 fully saturated rings. The van der Waals surface area contributed by atoms with Gasteiger partial charge in [-0.05, 0) is 39.4 Å². The summed E-state index contributed by atoms with van der Waals surface area (Å²) < 4.78 is 0. The fourth-order valence-electron chi connectivity index (χ4n) is 1.43. The van der Waals surface area contributed by atoms with Crippen LogP contribution in [-0.4, -0.2) is 34.7 Å². The van der Waals surface area contributed by atoms with Gasteiger partial charge in [0.2, 0.25) is 0 Å². The second kappa shape index (κ2) is 5.83. The first-order chi connectivity index (χ1) is 7.11. The van der Waals surface area contributed by atoms with E-state index in [1.54, 1.807) is 0 Å². The number of hydrogen-bond donors (Lipinski definition) is 1. The van der Waals surface area contributed by atoms with Gasteiger partial charge in [-0.1, -0.05) is 6.07 Å². The molecular formula is C12H20N2O. The minimum Gasteiger partial charge on any atom is -0.393 e. The predicted molar refractivity (Wildman–Crippen MR) is 61.6 cm³/mol. The van der Waals surface area contributed by atoms with Crippen LogP contribution in [0.5, 0.6) is 0 Å². The molecule has 0 amide bonds. The Labute approximate surface area is 91.8 Å². The molecule has 0 aliphatic heterocycles. The van der Waals surface area contributed by atoms with Crippen LogP contribution in [0, 0.1) is 0 Å². The Morgan fingerprint density at radius 2 is 2.13 bits per heavy atom. The molecule has 1 N–H and O–H groups in total. The molecule has 2 unspecified atom stereocenters. The molecule has 15 heavy (non-hydrogen) atoms. The normalized spacial score (nSPS) is 15.3. The third kappa shape index (κ3) is 3.98. The van der Waals surface area contributed by atoms with Gasteiger partial charge >= 0.3 is 0 Å². The number of nitrogens with zero attached hydrogens (tertiary/aromatic N) is 2. The first-order valence-electron chi connectivity index (χ1n) is 5.40. The summed E-state index contributed by atoms with van der Waals surface area (Å²) >= 11 is 0. The molecular weight excluding hydrogens is 188 g/mol. The molecule has 84 valence electrons. The highest BCUT2D eigenvalue weighted by Crippen LogP contribution is 2.15. The summed E-state index contributed by atoms with van der Waals surface area (Å²) in [5.41, 5.74) is 1.07. The lowest BCUT2D eigenvalue weighted by molar-refractivity contribution is 0.152. The van der Waals surface area contributed by atoms with E-state index in [1.165, 1.54) is 0 Å². The fourth-order valence-corrected chi connectivity index (χ4v) is 1.43. The molecule has 0 aliphatic rings. The Bertz CT molecular complexity index is 274. The van der Waals surface area contributed by atoms with Crippen LogP contribution in [0.2, 0.25) is 0 Å². The van der Waals surface area contributed by atoms with E-state index in [2.05, 4.69) is 23.9 Å². The van der Waals surface area contributed by atoms with E-state index in [4.69, 9.17) is 0 Å². The van der Waals surface area contributed by atoms with E-state index >= 15 is 0 Å². The maximum Gasteiger partial charge on any atom is 0.0572 e. The molecule has 3 nitrogen and oxygen atoms in total. The van der Waals surface area contributed by atoms with E-state index in [1.807, 2.05) is 31.3 Å². The minimum atomic E-state index is -0.233. The highest BCUT2D eigenvalue weighted by molar-refractivity contribution is 5.07. The van der Waals surface area contributed by atoms with Crippen LogP contribution < -0.4 is 0 Å². The largest absolute Gasteiger partial charge is 0.393 e. The van der Waals surface area contributed by atoms with E-state index in [9.17, 15) is 5.11 Å². The lowest BCUT2D eigenvalue weighted by Gasteiger charge is -2.24. The van der Waals surface area contributed by atoms with Crippen molar-refractivity contribution >= 4 is 0 Å². The summed E-state index contributed by atoms with van der Waals surface area (Å²) in [5.74, 6) is 0. The number of rotatable bonds is 5. The lowest BCUT2D eigenvalue weighted by Crippen LogP contribution is -2.26. The van der Waals surface area contributed by atoms with Crippen molar-refractivity contribution in [1.29, 1.82) is 0 Å². The summed E-state index contributed by atoms with van der Waals surface area (Å²) in [6.07, 6.45) is 2.38. The van der Waals surface area contributed by atoms with Gasteiger partial charge in [0.25, 0.3) is 0 Å². The van der Waals surface area contributed by atoms with Crippen molar-refractivity contribution in [2.75, 3.05) is 13.6 Å². The highest BCUT2D eigenvalue weighted by atomic mass is 16.3. The average molecular weight is 208 g/mol. The van der Waals surface area contributed by atoms with Crippen molar-refractivity contribution in [3.05, 3.63) is 30.1 Å². The van der Waals surface area contributed by atoms with Crippen molar-refractivity contribution in [3.63, 3.8) is 0 Å². The van der Waals surface area contributed by atoms with Gasteiger partial charge in [0.05, 0.1) is 11.8 Å². The quantitative estimate of drug-likeness (QED) is 0.802. The lowest BCUT2D eigenvalue weighted by atomic mass is 10.1. The van der Waals surface area contributed by atoms with Crippen LogP contribution in [-0.2, 0) is 0 Å². The van der Waals surface area contributed by atoms with Gasteiger partial charge in [-0.15, -0.1) is 0 Å². The highest BCUT2D eigenvalue weighted by Gasteiger charge is 2.12. The molecule has 1 heterocycles. The summed E-state index contributed by atoms with van der Waals surface area (Å²) in [6.45, 7) is 4.83. The first-order valence-corrected chi connectivity index (χ1v) is 5.40. The number of pyridine rings is 1. The molecule has 0 spiro atoms. The van der Waals surface area contributed by atoms with Crippen LogP contribution in [0.15, 0.2) is 24.4 Å². The van der Waals surface area contributed by atoms with Crippen molar-refractivity contribution < 1.29 is 5.11 Å². The zero-order valence-electron chi connectivity index (χ0n) is 9.72. The second-order valence-electron chi connectivity index (χ2n) is 4.05. The van der Waals surface area contributed by atoms with Gasteiger partial charge in [0.15, 0.2) is 0 Å². The van der Waals surface area contributed by atoms with E-state index in [0.29, 0.717) is 6.04 Å². The van der Waals surface area contributed by atoms with Gasteiger partial charge in [0, 0.05) is 18.8 Å². The van der Waals surface area contributed by atoms with Crippen molar-refractivity contribution in [1.82, 2.24) is 9.88 Å². The van der Waals surface area contributed by atoms with Crippen molar-refractivity contribution in [2.45, 2.75) is 32.4 Å². The molecule has 0 radical (unpaired) electrons. The topological polar surface area (TPSA) is 36.4 Å². The van der Waals surface area contributed by atoms with Crippen molar-refractivity contribution in [3.8, 4) is 0 Å². The van der Waals surface area contributed by atoms with Crippen LogP contribution >= 0.6 is 0 Å². The van der Waals surface area contributed by atoms with Gasteiger partial charge < -0.3 is 5.11 Å². The average Bonchev–Trinajstić information content (AvgIpc) is 2.26. The predicted octanol–water partition coefficient (Wildman–Crippen LogP) is 1.85. The maximum absolute atomic E-state index is 9.21. The smallest absolute Gasteiger partial charge is 0.0572 e. The zero-order chi connectivity index (χ0) is 11.3. The van der Waals surface area contributed by atoms with Gasteiger partial charge in [0.1, 0.15) is 0 Å². The summed E-state index contributed by atoms with van der Waals surface area (Å²) in [6, 6.07) is 6.25. The second-order valence-corrected chi connectivity index (χ2v) is 4.05. The molecule has 1 aromatic rings. The van der Waals surface area contributed by atoms with Crippen LogP contribution in [0.25, 0.3) is 0 Å². The number of aliphatic hydroxyl groups excluding tert-OH is 1. The van der Waals surface area contributed by atoms with Crippen LogP contribution in [0.3, 0.4) is 0 Å². The molecule has 0 saturated carbocycles. The van der Waals surface area contributed by atoms with Gasteiger partial charge in [-0.3, -0.25) is 9.88 Å². The van der Waals surface area contributed by atoms with Crippen molar-refractivity contribution in [2.24, 2.45) is 0 Å². The molecule has 0 bridgehead atoms. The monoisotopic (exact) mass is 208 g/mol. The number of aliphatic hydroxyl groups is 1. The standard InChI is InChI=1S/C12H20N2O/c1-10(15)7-9-14(3)11(2)12-6-4-5-8-13-12/h4-6,8,10-11,15H,7,9H2,1-3H3. The molecule has 1 aromatic heterocycles. The zero-order valence-corrected chi connectivity index (χ0v) is 9.72. The Morgan fingerprint density at radius 3 is 2.67 bits per heavy atom. The SMILES string of the molecule is CC(O)CCN(C)C(C)c1ccccn1. The number of aromatic nitrogens is 1. The van der Waals surface area contributed by atoms with Crippen LogP contribution in [0.4, 0.5) is 0 Å². The molecule has 0 saturated heterocycles. The van der Waals surface area contributed by atoms with E-state index in [0.717, 1.165) is 18.7 Å². The Kier molecular flexibility index (Phi) is 4.72. The first kappa shape index (κ1) is 12.1. The maximum atomic E-state index is 9.21. The van der Waals surface area contributed by atoms with E-state index in [-0.39, 0.29) is 6.10 Å². The molecule has 1 rings (SSSR count). The summed E-state index contributed by atoms with van der Waals surface area (Å²) in [7, 11) is 2.06. The Balaban J connectivity index is 2.49. The van der Waals surface area contributed by atoms with E-state index < -0.39 is 0 Å². The van der Waals surface area contributed by atoms with Gasteiger partial charge in [-0.25, -0.2) is 0 Å².